The molecule has 0 aliphatic heterocycles. The molecule has 3 atom stereocenters. The third-order valence-electron chi connectivity index (χ3n) is 5.42. The number of hydrogen-bond acceptors (Lipinski definition) is 8. The number of amides is 1. The molecule has 2 aromatic rings. The highest BCUT2D eigenvalue weighted by Gasteiger charge is 2.31. The number of ether oxygens (including phenoxy) is 4. The van der Waals surface area contributed by atoms with Crippen molar-refractivity contribution < 1.29 is 33.3 Å². The van der Waals surface area contributed by atoms with Crippen LogP contribution in [0.3, 0.4) is 0 Å². The standard InChI is InChI=1S/C27H36N2O7/c1-15(2)23(20-11-9-10-12-21(20)34-16(3)4)18(6)35-27(32)17(5)29-26(31)24-25(36-19(7)30)22(33-8)13-14-28-24/h9-18,23H,1-8H3,(H,29,31)/t17-,18-,23+/m0/s1. The van der Waals surface area contributed by atoms with Crippen molar-refractivity contribution in [2.24, 2.45) is 5.92 Å². The molecule has 1 amide bonds. The van der Waals surface area contributed by atoms with E-state index in [1.165, 1.54) is 33.2 Å². The summed E-state index contributed by atoms with van der Waals surface area (Å²) in [5, 5.41) is 2.56. The second-order valence-electron chi connectivity index (χ2n) is 9.10. The zero-order chi connectivity index (χ0) is 27.0. The van der Waals surface area contributed by atoms with Crippen molar-refractivity contribution in [2.75, 3.05) is 7.11 Å². The van der Waals surface area contributed by atoms with Crippen LogP contribution in [0, 0.1) is 5.92 Å². The van der Waals surface area contributed by atoms with Gasteiger partial charge in [-0.05, 0) is 39.7 Å². The maximum Gasteiger partial charge on any atom is 0.328 e. The van der Waals surface area contributed by atoms with Crippen LogP contribution in [-0.4, -0.2) is 48.2 Å². The Morgan fingerprint density at radius 3 is 2.19 bits per heavy atom. The summed E-state index contributed by atoms with van der Waals surface area (Å²) >= 11 is 0. The molecular weight excluding hydrogens is 464 g/mol. The Labute approximate surface area is 212 Å². The number of nitrogens with one attached hydrogen (secondary N) is 1. The number of aromatic nitrogens is 1. The normalized spacial score (nSPS) is 13.5. The van der Waals surface area contributed by atoms with Crippen molar-refractivity contribution in [3.63, 3.8) is 0 Å². The number of hydrogen-bond donors (Lipinski definition) is 1. The molecule has 1 aromatic heterocycles. The van der Waals surface area contributed by atoms with E-state index in [4.69, 9.17) is 18.9 Å². The SMILES string of the molecule is COc1ccnc(C(=O)N[C@@H](C)C(=O)O[C@@H](C)[C@H](c2ccccc2OC(C)C)C(C)C)c1OC(C)=O. The van der Waals surface area contributed by atoms with Gasteiger partial charge in [0.05, 0.1) is 13.2 Å². The lowest BCUT2D eigenvalue weighted by Crippen LogP contribution is -2.42. The summed E-state index contributed by atoms with van der Waals surface area (Å²) in [6, 6.07) is 8.18. The molecule has 9 nitrogen and oxygen atoms in total. The van der Waals surface area contributed by atoms with Crippen LogP contribution in [0.4, 0.5) is 0 Å². The van der Waals surface area contributed by atoms with Gasteiger partial charge in [0.15, 0.2) is 11.4 Å². The molecule has 1 N–H and O–H groups in total. The minimum atomic E-state index is -0.993. The Balaban J connectivity index is 2.19. The average molecular weight is 501 g/mol. The molecular formula is C27H36N2O7. The number of carbonyl (C=O) groups is 3. The van der Waals surface area contributed by atoms with Gasteiger partial charge in [0.25, 0.3) is 5.91 Å². The van der Waals surface area contributed by atoms with Gasteiger partial charge in [0, 0.05) is 30.7 Å². The number of methoxy groups -OCH3 is 1. The van der Waals surface area contributed by atoms with E-state index >= 15 is 0 Å². The second-order valence-corrected chi connectivity index (χ2v) is 9.10. The van der Waals surface area contributed by atoms with E-state index in [0.29, 0.717) is 0 Å². The molecule has 1 heterocycles. The first-order valence-electron chi connectivity index (χ1n) is 11.9. The fourth-order valence-corrected chi connectivity index (χ4v) is 3.95. The van der Waals surface area contributed by atoms with E-state index < -0.39 is 30.0 Å². The van der Waals surface area contributed by atoms with E-state index in [1.54, 1.807) is 0 Å². The number of benzene rings is 1. The van der Waals surface area contributed by atoms with Gasteiger partial charge >= 0.3 is 11.9 Å². The summed E-state index contributed by atoms with van der Waals surface area (Å²) in [6.45, 7) is 12.6. The molecule has 9 heteroatoms. The van der Waals surface area contributed by atoms with Gasteiger partial charge in [-0.3, -0.25) is 9.59 Å². The van der Waals surface area contributed by atoms with Crippen molar-refractivity contribution in [3.8, 4) is 17.2 Å². The maximum atomic E-state index is 12.9. The van der Waals surface area contributed by atoms with Crippen LogP contribution < -0.4 is 19.5 Å². The van der Waals surface area contributed by atoms with Crippen LogP contribution in [0.2, 0.25) is 0 Å². The van der Waals surface area contributed by atoms with E-state index in [9.17, 15) is 14.4 Å². The molecule has 0 bridgehead atoms. The van der Waals surface area contributed by atoms with Gasteiger partial charge in [-0.25, -0.2) is 9.78 Å². The zero-order valence-corrected chi connectivity index (χ0v) is 22.2. The summed E-state index contributed by atoms with van der Waals surface area (Å²) in [4.78, 5) is 41.3. The molecule has 196 valence electrons. The Hall–Kier alpha value is -3.62. The molecule has 0 unspecified atom stereocenters. The largest absolute Gasteiger partial charge is 0.493 e. The van der Waals surface area contributed by atoms with Crippen molar-refractivity contribution in [1.29, 1.82) is 0 Å². The predicted molar refractivity (Wildman–Crippen MR) is 134 cm³/mol. The lowest BCUT2D eigenvalue weighted by atomic mass is 9.84. The third kappa shape index (κ3) is 7.44. The number of rotatable bonds is 11. The number of pyridine rings is 1. The smallest absolute Gasteiger partial charge is 0.328 e. The summed E-state index contributed by atoms with van der Waals surface area (Å²) < 4.78 is 22.1. The Morgan fingerprint density at radius 2 is 1.61 bits per heavy atom. The van der Waals surface area contributed by atoms with Gasteiger partial charge in [-0.2, -0.15) is 0 Å². The number of carbonyl (C=O) groups excluding carboxylic acids is 3. The fourth-order valence-electron chi connectivity index (χ4n) is 3.95. The molecule has 0 saturated carbocycles. The summed E-state index contributed by atoms with van der Waals surface area (Å²) in [5.41, 5.74) is 0.766. The van der Waals surface area contributed by atoms with Crippen molar-refractivity contribution in [3.05, 3.63) is 47.8 Å². The van der Waals surface area contributed by atoms with Crippen molar-refractivity contribution in [2.45, 2.75) is 72.6 Å². The molecule has 0 aliphatic rings. The Kier molecular flexibility index (Phi) is 10.3. The summed E-state index contributed by atoms with van der Waals surface area (Å²) in [6.07, 6.45) is 0.838. The first-order chi connectivity index (χ1) is 17.0. The molecule has 1 aromatic carbocycles. The fraction of sp³-hybridized carbons (Fsp3) is 0.481. The zero-order valence-electron chi connectivity index (χ0n) is 22.2. The minimum Gasteiger partial charge on any atom is -0.493 e. The molecule has 0 fully saturated rings. The van der Waals surface area contributed by atoms with E-state index in [2.05, 4.69) is 24.1 Å². The van der Waals surface area contributed by atoms with Crippen LogP contribution in [-0.2, 0) is 14.3 Å². The lowest BCUT2D eigenvalue weighted by molar-refractivity contribution is -0.151. The number of nitrogens with zero attached hydrogens (tertiary/aromatic N) is 1. The monoisotopic (exact) mass is 500 g/mol. The van der Waals surface area contributed by atoms with Gasteiger partial charge in [-0.15, -0.1) is 0 Å². The molecule has 0 radical (unpaired) electrons. The first kappa shape index (κ1) is 28.6. The summed E-state index contributed by atoms with van der Waals surface area (Å²) in [7, 11) is 1.38. The van der Waals surface area contributed by atoms with Crippen LogP contribution >= 0.6 is 0 Å². The molecule has 0 spiro atoms. The quantitative estimate of drug-likeness (QED) is 0.455. The topological polar surface area (TPSA) is 113 Å². The molecule has 0 aliphatic carbocycles. The first-order valence-corrected chi connectivity index (χ1v) is 11.9. The molecule has 0 saturated heterocycles. The highest BCUT2D eigenvalue weighted by Crippen LogP contribution is 2.36. The van der Waals surface area contributed by atoms with Crippen molar-refractivity contribution >= 4 is 17.8 Å². The predicted octanol–water partition coefficient (Wildman–Crippen LogP) is 4.29. The highest BCUT2D eigenvalue weighted by molar-refractivity contribution is 5.98. The van der Waals surface area contributed by atoms with E-state index in [0.717, 1.165) is 11.3 Å². The average Bonchev–Trinajstić information content (AvgIpc) is 2.79. The lowest BCUT2D eigenvalue weighted by Gasteiger charge is -2.30. The number of para-hydroxylation sites is 1. The van der Waals surface area contributed by atoms with Gasteiger partial charge in [0.1, 0.15) is 17.9 Å². The summed E-state index contributed by atoms with van der Waals surface area (Å²) in [5.74, 6) is -1.17. The van der Waals surface area contributed by atoms with Crippen LogP contribution in [0.25, 0.3) is 0 Å². The van der Waals surface area contributed by atoms with Crippen LogP contribution in [0.5, 0.6) is 17.2 Å². The maximum absolute atomic E-state index is 12.9. The third-order valence-corrected chi connectivity index (χ3v) is 5.42. The van der Waals surface area contributed by atoms with Crippen LogP contribution in [0.15, 0.2) is 36.5 Å². The van der Waals surface area contributed by atoms with Gasteiger partial charge < -0.3 is 24.3 Å². The van der Waals surface area contributed by atoms with E-state index in [1.807, 2.05) is 45.0 Å². The second kappa shape index (κ2) is 12.9. The number of esters is 2. The Bertz CT molecular complexity index is 1070. The molecule has 2 rings (SSSR count). The highest BCUT2D eigenvalue weighted by atomic mass is 16.6. The molecule has 36 heavy (non-hydrogen) atoms. The van der Waals surface area contributed by atoms with Crippen molar-refractivity contribution in [1.82, 2.24) is 10.3 Å². The van der Waals surface area contributed by atoms with E-state index in [-0.39, 0.29) is 35.1 Å². The Morgan fingerprint density at radius 1 is 0.944 bits per heavy atom. The van der Waals surface area contributed by atoms with Crippen LogP contribution in [0.1, 0.15) is 70.4 Å². The van der Waals surface area contributed by atoms with Gasteiger partial charge in [-0.1, -0.05) is 32.0 Å². The van der Waals surface area contributed by atoms with Gasteiger partial charge in [0.2, 0.25) is 5.75 Å². The minimum absolute atomic E-state index is 0.00542.